The fourth-order valence-electron chi connectivity index (χ4n) is 1.37. The smallest absolute Gasteiger partial charge is 0.176 e. The van der Waals surface area contributed by atoms with Gasteiger partial charge in [-0.2, -0.15) is 0 Å². The van der Waals surface area contributed by atoms with Gasteiger partial charge in [-0.25, -0.2) is 0 Å². The van der Waals surface area contributed by atoms with E-state index in [2.05, 4.69) is 0 Å². The number of likely N-dealkylation sites (N-methyl/N-ethyl adjacent to an activating group) is 1. The molecule has 1 N–H and O–H groups in total. The summed E-state index contributed by atoms with van der Waals surface area (Å²) in [6.07, 6.45) is 0.541. The van der Waals surface area contributed by atoms with Crippen LogP contribution in [0.5, 0.6) is 5.75 Å². The van der Waals surface area contributed by atoms with E-state index < -0.39 is 0 Å². The molecule has 1 aromatic rings. The van der Waals surface area contributed by atoms with Crippen molar-refractivity contribution in [2.45, 2.75) is 26.3 Å². The zero-order valence-electron chi connectivity index (χ0n) is 11.2. The first kappa shape index (κ1) is 14.4. The van der Waals surface area contributed by atoms with Crippen LogP contribution in [-0.4, -0.2) is 41.2 Å². The van der Waals surface area contributed by atoms with Gasteiger partial charge >= 0.3 is 0 Å². The molecule has 0 heterocycles. The molecular weight excluding hydrogens is 230 g/mol. The molecule has 98 valence electrons. The van der Waals surface area contributed by atoms with Crippen molar-refractivity contribution in [1.82, 2.24) is 4.90 Å². The van der Waals surface area contributed by atoms with E-state index in [4.69, 9.17) is 0 Å². The molecule has 18 heavy (non-hydrogen) atoms. The lowest BCUT2D eigenvalue weighted by molar-refractivity contribution is 0.0873. The van der Waals surface area contributed by atoms with Crippen molar-refractivity contribution in [1.29, 1.82) is 0 Å². The molecule has 0 saturated carbocycles. The zero-order valence-corrected chi connectivity index (χ0v) is 11.2. The van der Waals surface area contributed by atoms with E-state index in [-0.39, 0.29) is 29.2 Å². The van der Waals surface area contributed by atoms with Crippen molar-refractivity contribution in [2.75, 3.05) is 13.6 Å². The fourth-order valence-corrected chi connectivity index (χ4v) is 1.37. The SMILES string of the molecule is CN(CC(=O)c1ccc(O)c(C=O)c1)C(C)(C)C. The molecule has 0 spiro atoms. The second-order valence-corrected chi connectivity index (χ2v) is 5.34. The first-order valence-electron chi connectivity index (χ1n) is 5.78. The number of carbonyl (C=O) groups excluding carboxylic acids is 2. The van der Waals surface area contributed by atoms with Crippen LogP contribution in [-0.2, 0) is 0 Å². The molecule has 4 heteroatoms. The summed E-state index contributed by atoms with van der Waals surface area (Å²) in [6.45, 7) is 6.34. The summed E-state index contributed by atoms with van der Waals surface area (Å²) in [5.74, 6) is -0.179. The van der Waals surface area contributed by atoms with Crippen LogP contribution in [0.1, 0.15) is 41.5 Å². The first-order chi connectivity index (χ1) is 8.25. The van der Waals surface area contributed by atoms with Gasteiger partial charge in [0, 0.05) is 11.1 Å². The second-order valence-electron chi connectivity index (χ2n) is 5.34. The summed E-state index contributed by atoms with van der Waals surface area (Å²) in [5, 5.41) is 9.37. The van der Waals surface area contributed by atoms with Crippen LogP contribution in [0.4, 0.5) is 0 Å². The van der Waals surface area contributed by atoms with Crippen molar-refractivity contribution < 1.29 is 14.7 Å². The molecule has 0 aliphatic heterocycles. The van der Waals surface area contributed by atoms with Gasteiger partial charge < -0.3 is 5.11 Å². The van der Waals surface area contributed by atoms with Gasteiger partial charge in [-0.05, 0) is 46.0 Å². The maximum atomic E-state index is 12.0. The second kappa shape index (κ2) is 5.31. The molecule has 4 nitrogen and oxygen atoms in total. The van der Waals surface area contributed by atoms with E-state index in [1.165, 1.54) is 18.2 Å². The molecule has 1 aromatic carbocycles. The predicted octanol–water partition coefficient (Wildman–Crippen LogP) is 2.12. The molecule has 0 saturated heterocycles. The summed E-state index contributed by atoms with van der Waals surface area (Å²) in [6, 6.07) is 4.32. The minimum absolute atomic E-state index is 0.0736. The number of carbonyl (C=O) groups is 2. The highest BCUT2D eigenvalue weighted by Crippen LogP contribution is 2.18. The van der Waals surface area contributed by atoms with E-state index in [9.17, 15) is 14.7 Å². The molecule has 0 fully saturated rings. The summed E-state index contributed by atoms with van der Waals surface area (Å²) < 4.78 is 0. The van der Waals surface area contributed by atoms with E-state index in [0.717, 1.165) is 0 Å². The third-order valence-corrected chi connectivity index (χ3v) is 3.00. The van der Waals surface area contributed by atoms with Gasteiger partial charge in [0.15, 0.2) is 12.1 Å². The molecule has 0 aliphatic rings. The van der Waals surface area contributed by atoms with E-state index >= 15 is 0 Å². The van der Waals surface area contributed by atoms with Crippen LogP contribution >= 0.6 is 0 Å². The number of rotatable bonds is 4. The average molecular weight is 249 g/mol. The Morgan fingerprint density at radius 1 is 1.39 bits per heavy atom. The van der Waals surface area contributed by atoms with Crippen LogP contribution in [0, 0.1) is 0 Å². The quantitative estimate of drug-likeness (QED) is 0.656. The molecule has 0 aromatic heterocycles. The van der Waals surface area contributed by atoms with Crippen molar-refractivity contribution >= 4 is 12.1 Å². The zero-order chi connectivity index (χ0) is 13.9. The number of aldehydes is 1. The molecule has 1 rings (SSSR count). The van der Waals surface area contributed by atoms with Crippen LogP contribution < -0.4 is 0 Å². The number of aromatic hydroxyl groups is 1. The molecule has 0 bridgehead atoms. The number of ketones is 1. The summed E-state index contributed by atoms with van der Waals surface area (Å²) in [5.41, 5.74) is 0.477. The Hall–Kier alpha value is -1.68. The minimum atomic E-state index is -0.106. The predicted molar refractivity (Wildman–Crippen MR) is 70.2 cm³/mol. The highest BCUT2D eigenvalue weighted by molar-refractivity contribution is 5.99. The summed E-state index contributed by atoms with van der Waals surface area (Å²) in [4.78, 5) is 24.7. The maximum Gasteiger partial charge on any atom is 0.176 e. The number of phenols is 1. The largest absolute Gasteiger partial charge is 0.507 e. The third-order valence-electron chi connectivity index (χ3n) is 3.00. The fraction of sp³-hybridized carbons (Fsp3) is 0.429. The lowest BCUT2D eigenvalue weighted by atomic mass is 10.0. The molecular formula is C14H19NO3. The Bertz CT molecular complexity index is 461. The topological polar surface area (TPSA) is 57.6 Å². The molecule has 0 amide bonds. The minimum Gasteiger partial charge on any atom is -0.507 e. The monoisotopic (exact) mass is 249 g/mol. The third kappa shape index (κ3) is 3.40. The first-order valence-corrected chi connectivity index (χ1v) is 5.78. The van der Waals surface area contributed by atoms with Crippen LogP contribution in [0.3, 0.4) is 0 Å². The molecule has 0 unspecified atom stereocenters. The lowest BCUT2D eigenvalue weighted by Gasteiger charge is -2.31. The number of hydrogen-bond donors (Lipinski definition) is 1. The van der Waals surface area contributed by atoms with Crippen LogP contribution in [0.25, 0.3) is 0 Å². The average Bonchev–Trinajstić information content (AvgIpc) is 2.28. The lowest BCUT2D eigenvalue weighted by Crippen LogP contribution is -2.41. The summed E-state index contributed by atoms with van der Waals surface area (Å²) in [7, 11) is 1.87. The Labute approximate surface area is 107 Å². The van der Waals surface area contributed by atoms with Crippen LogP contribution in [0.2, 0.25) is 0 Å². The number of hydrogen-bond acceptors (Lipinski definition) is 4. The van der Waals surface area contributed by atoms with Gasteiger partial charge in [0.05, 0.1) is 12.1 Å². The Morgan fingerprint density at radius 2 is 2.00 bits per heavy atom. The van der Waals surface area contributed by atoms with Gasteiger partial charge in [0.2, 0.25) is 0 Å². The van der Waals surface area contributed by atoms with Crippen LogP contribution in [0.15, 0.2) is 18.2 Å². The van der Waals surface area contributed by atoms with Gasteiger partial charge in [-0.1, -0.05) is 0 Å². The van der Waals surface area contributed by atoms with E-state index in [1.54, 1.807) is 0 Å². The number of Topliss-reactive ketones (excluding diaryl/α,β-unsaturated/α-hetero) is 1. The van der Waals surface area contributed by atoms with E-state index in [1.807, 2.05) is 32.7 Å². The van der Waals surface area contributed by atoms with Gasteiger partial charge in [-0.15, -0.1) is 0 Å². The molecule has 0 aliphatic carbocycles. The standard InChI is InChI=1S/C14H19NO3/c1-14(2,3)15(4)8-13(18)10-5-6-12(17)11(7-10)9-16/h5-7,9,17H,8H2,1-4H3. The maximum absolute atomic E-state index is 12.0. The normalized spacial score (nSPS) is 11.6. The van der Waals surface area contributed by atoms with Crippen molar-refractivity contribution in [3.05, 3.63) is 29.3 Å². The molecule has 0 radical (unpaired) electrons. The van der Waals surface area contributed by atoms with E-state index in [0.29, 0.717) is 11.8 Å². The van der Waals surface area contributed by atoms with Crippen molar-refractivity contribution in [2.24, 2.45) is 0 Å². The Morgan fingerprint density at radius 3 is 2.50 bits per heavy atom. The summed E-state index contributed by atoms with van der Waals surface area (Å²) >= 11 is 0. The van der Waals surface area contributed by atoms with Crippen molar-refractivity contribution in [3.63, 3.8) is 0 Å². The van der Waals surface area contributed by atoms with Gasteiger partial charge in [0.25, 0.3) is 0 Å². The van der Waals surface area contributed by atoms with Gasteiger partial charge in [0.1, 0.15) is 5.75 Å². The Kier molecular flexibility index (Phi) is 4.24. The van der Waals surface area contributed by atoms with Gasteiger partial charge in [-0.3, -0.25) is 14.5 Å². The number of nitrogens with zero attached hydrogens (tertiary/aromatic N) is 1. The highest BCUT2D eigenvalue weighted by Gasteiger charge is 2.20. The number of benzene rings is 1. The number of phenolic OH excluding ortho intramolecular Hbond substituents is 1. The van der Waals surface area contributed by atoms with Crippen molar-refractivity contribution in [3.8, 4) is 5.75 Å². The molecule has 0 atom stereocenters. The Balaban J connectivity index is 2.88. The highest BCUT2D eigenvalue weighted by atomic mass is 16.3.